The number of ether oxygens (including phenoxy) is 1. The zero-order valence-electron chi connectivity index (χ0n) is 17.8. The summed E-state index contributed by atoms with van der Waals surface area (Å²) in [6.07, 6.45) is 1.70. The number of halogens is 1. The van der Waals surface area contributed by atoms with E-state index in [4.69, 9.17) is 16.3 Å². The van der Waals surface area contributed by atoms with Crippen LogP contribution in [0.2, 0.25) is 5.02 Å². The third-order valence-corrected chi connectivity index (χ3v) is 6.06. The van der Waals surface area contributed by atoms with Crippen LogP contribution in [0.25, 0.3) is 10.9 Å². The average Bonchev–Trinajstić information content (AvgIpc) is 3.04. The Kier molecular flexibility index (Phi) is 7.48. The Morgan fingerprint density at radius 3 is 2.47 bits per heavy atom. The number of carbonyl (C=O) groups excluding carboxylic acids is 2. The summed E-state index contributed by atoms with van der Waals surface area (Å²) in [5.41, 5.74) is 2.31. The zero-order valence-corrected chi connectivity index (χ0v) is 19.4. The smallest absolute Gasteiger partial charge is 0.327 e. The fraction of sp³-hybridized carbons (Fsp3) is 0.261. The van der Waals surface area contributed by atoms with Gasteiger partial charge < -0.3 is 15.2 Å². The number of aliphatic carboxylic acids is 1. The summed E-state index contributed by atoms with van der Waals surface area (Å²) in [5.74, 6) is -0.945. The first-order valence-corrected chi connectivity index (χ1v) is 11.5. The second-order valence-corrected chi connectivity index (χ2v) is 8.53. The number of aromatic nitrogens is 1. The van der Waals surface area contributed by atoms with E-state index in [9.17, 15) is 19.5 Å². The van der Waals surface area contributed by atoms with Crippen LogP contribution in [0, 0.1) is 6.92 Å². The molecule has 2 N–H and O–H groups in total. The van der Waals surface area contributed by atoms with E-state index in [1.807, 2.05) is 0 Å². The maximum absolute atomic E-state index is 13.3. The highest BCUT2D eigenvalue weighted by atomic mass is 35.5. The molecule has 32 heavy (non-hydrogen) atoms. The number of amides is 1. The number of carboxylic acid groups (broad SMARTS) is 1. The number of carbonyl (C=O) groups is 3. The van der Waals surface area contributed by atoms with Gasteiger partial charge in [-0.25, -0.2) is 4.79 Å². The quantitative estimate of drug-likeness (QED) is 0.515. The van der Waals surface area contributed by atoms with Gasteiger partial charge in [0.1, 0.15) is 11.8 Å². The zero-order chi connectivity index (χ0) is 23.4. The predicted molar refractivity (Wildman–Crippen MR) is 126 cm³/mol. The fourth-order valence-corrected chi connectivity index (χ4v) is 4.23. The monoisotopic (exact) mass is 474 g/mol. The number of benzene rings is 2. The molecule has 0 aliphatic heterocycles. The highest BCUT2D eigenvalue weighted by molar-refractivity contribution is 7.98. The lowest BCUT2D eigenvalue weighted by Crippen LogP contribution is -2.43. The minimum absolute atomic E-state index is 0.0748. The number of carboxylic acids is 1. The van der Waals surface area contributed by atoms with Gasteiger partial charge >= 0.3 is 5.97 Å². The van der Waals surface area contributed by atoms with Gasteiger partial charge in [-0.15, -0.1) is 0 Å². The fourth-order valence-electron chi connectivity index (χ4n) is 3.54. The molecule has 0 saturated carbocycles. The number of fused-ring (bicyclic) bond motifs is 1. The molecular formula is C23H23ClN2O5S. The lowest BCUT2D eigenvalue weighted by molar-refractivity contribution is -0.141. The van der Waals surface area contributed by atoms with Crippen LogP contribution in [0.4, 0.5) is 0 Å². The van der Waals surface area contributed by atoms with Gasteiger partial charge in [0.05, 0.1) is 19.0 Å². The molecule has 0 aliphatic carbocycles. The Morgan fingerprint density at radius 1 is 1.19 bits per heavy atom. The minimum Gasteiger partial charge on any atom is -0.497 e. The molecular weight excluding hydrogens is 452 g/mol. The van der Waals surface area contributed by atoms with E-state index in [0.29, 0.717) is 38.5 Å². The van der Waals surface area contributed by atoms with Crippen LogP contribution in [0.15, 0.2) is 42.5 Å². The van der Waals surface area contributed by atoms with Gasteiger partial charge in [0.15, 0.2) is 0 Å². The first-order chi connectivity index (χ1) is 15.3. The molecule has 0 spiro atoms. The highest BCUT2D eigenvalue weighted by Gasteiger charge is 2.24. The van der Waals surface area contributed by atoms with E-state index in [1.54, 1.807) is 60.2 Å². The Morgan fingerprint density at radius 2 is 1.88 bits per heavy atom. The molecule has 1 heterocycles. The number of hydrogen-bond donors (Lipinski definition) is 2. The van der Waals surface area contributed by atoms with Crippen LogP contribution in [0.5, 0.6) is 5.75 Å². The van der Waals surface area contributed by atoms with E-state index in [2.05, 4.69) is 5.32 Å². The summed E-state index contributed by atoms with van der Waals surface area (Å²) >= 11 is 7.28. The maximum Gasteiger partial charge on any atom is 0.327 e. The molecule has 0 aliphatic rings. The lowest BCUT2D eigenvalue weighted by atomic mass is 10.1. The van der Waals surface area contributed by atoms with Gasteiger partial charge in [0, 0.05) is 27.4 Å². The molecule has 3 rings (SSSR count). The van der Waals surface area contributed by atoms with E-state index < -0.39 is 17.9 Å². The van der Waals surface area contributed by atoms with Crippen molar-refractivity contribution in [1.82, 2.24) is 9.88 Å². The molecule has 168 valence electrons. The largest absolute Gasteiger partial charge is 0.497 e. The minimum atomic E-state index is -1.09. The van der Waals surface area contributed by atoms with Crippen molar-refractivity contribution in [3.63, 3.8) is 0 Å². The third kappa shape index (κ3) is 4.92. The molecule has 9 heteroatoms. The topological polar surface area (TPSA) is 97.6 Å². The molecule has 0 bridgehead atoms. The molecule has 1 atom stereocenters. The van der Waals surface area contributed by atoms with Gasteiger partial charge in [-0.3, -0.25) is 14.2 Å². The van der Waals surface area contributed by atoms with Crippen molar-refractivity contribution >= 4 is 52.0 Å². The number of rotatable bonds is 8. The van der Waals surface area contributed by atoms with Crippen LogP contribution in [-0.4, -0.2) is 52.6 Å². The summed E-state index contributed by atoms with van der Waals surface area (Å²) in [4.78, 5) is 37.4. The number of nitrogens with zero attached hydrogens (tertiary/aromatic N) is 1. The second kappa shape index (κ2) is 10.1. The summed E-state index contributed by atoms with van der Waals surface area (Å²) in [7, 11) is 1.54. The first kappa shape index (κ1) is 23.7. The van der Waals surface area contributed by atoms with E-state index in [1.165, 1.54) is 18.9 Å². The maximum atomic E-state index is 13.3. The molecule has 0 saturated heterocycles. The molecule has 0 radical (unpaired) electrons. The van der Waals surface area contributed by atoms with Crippen molar-refractivity contribution in [2.24, 2.45) is 0 Å². The second-order valence-electron chi connectivity index (χ2n) is 7.18. The molecule has 1 amide bonds. The lowest BCUT2D eigenvalue weighted by Gasteiger charge is -2.13. The Bertz CT molecular complexity index is 1170. The average molecular weight is 475 g/mol. The van der Waals surface area contributed by atoms with Crippen molar-refractivity contribution in [1.29, 1.82) is 0 Å². The van der Waals surface area contributed by atoms with Crippen LogP contribution < -0.4 is 10.1 Å². The van der Waals surface area contributed by atoms with Crippen LogP contribution in [0.1, 0.15) is 21.6 Å². The van der Waals surface area contributed by atoms with Crippen molar-refractivity contribution in [3.05, 3.63) is 64.3 Å². The van der Waals surface area contributed by atoms with Crippen LogP contribution in [0.3, 0.4) is 0 Å². The van der Waals surface area contributed by atoms with Crippen molar-refractivity contribution in [2.45, 2.75) is 19.4 Å². The molecule has 1 unspecified atom stereocenters. The van der Waals surface area contributed by atoms with E-state index >= 15 is 0 Å². The molecule has 2 aromatic carbocycles. The SMILES string of the molecule is COc1ccc2c(c1)c(CC(=O)NC(CSC)C(=O)O)c(C)n2C(=O)c1ccc(Cl)cc1. The standard InChI is InChI=1S/C23H23ClN2O5S/c1-13-17(11-21(27)25-19(12-32-3)23(29)30)18-10-16(31-2)8-9-20(18)26(13)22(28)14-4-6-15(24)7-5-14/h4-10,19H,11-12H2,1-3H3,(H,25,27)(H,29,30). The van der Waals surface area contributed by atoms with E-state index in [0.717, 1.165) is 0 Å². The van der Waals surface area contributed by atoms with Crippen molar-refractivity contribution < 1.29 is 24.2 Å². The predicted octanol–water partition coefficient (Wildman–Crippen LogP) is 3.78. The first-order valence-electron chi connectivity index (χ1n) is 9.76. The summed E-state index contributed by atoms with van der Waals surface area (Å²) in [6.45, 7) is 1.76. The van der Waals surface area contributed by atoms with Crippen LogP contribution in [-0.2, 0) is 16.0 Å². The summed E-state index contributed by atoms with van der Waals surface area (Å²) < 4.78 is 6.88. The Balaban J connectivity index is 2.05. The molecule has 7 nitrogen and oxygen atoms in total. The Labute approximate surface area is 194 Å². The highest BCUT2D eigenvalue weighted by Crippen LogP contribution is 2.31. The van der Waals surface area contributed by atoms with Gasteiger partial charge in [-0.2, -0.15) is 11.8 Å². The van der Waals surface area contributed by atoms with Crippen molar-refractivity contribution in [3.8, 4) is 5.75 Å². The number of nitrogens with one attached hydrogen (secondary N) is 1. The number of hydrogen-bond acceptors (Lipinski definition) is 5. The third-order valence-electron chi connectivity index (χ3n) is 5.14. The molecule has 0 fully saturated rings. The van der Waals surface area contributed by atoms with Crippen LogP contribution >= 0.6 is 23.4 Å². The summed E-state index contributed by atoms with van der Waals surface area (Å²) in [5, 5.41) is 13.1. The Hall–Kier alpha value is -2.97. The molecule has 3 aromatic rings. The normalized spacial score (nSPS) is 11.9. The number of methoxy groups -OCH3 is 1. The number of thioether (sulfide) groups is 1. The van der Waals surface area contributed by atoms with E-state index in [-0.39, 0.29) is 18.1 Å². The van der Waals surface area contributed by atoms with Gasteiger partial charge in [0.25, 0.3) is 5.91 Å². The summed E-state index contributed by atoms with van der Waals surface area (Å²) in [6, 6.07) is 10.9. The van der Waals surface area contributed by atoms with Gasteiger partial charge in [-0.1, -0.05) is 11.6 Å². The van der Waals surface area contributed by atoms with Gasteiger partial charge in [-0.05, 0) is 61.2 Å². The van der Waals surface area contributed by atoms with Gasteiger partial charge in [0.2, 0.25) is 5.91 Å². The van der Waals surface area contributed by atoms with Crippen molar-refractivity contribution in [2.75, 3.05) is 19.1 Å². The molecule has 1 aromatic heterocycles.